The van der Waals surface area contributed by atoms with Gasteiger partial charge in [0.25, 0.3) is 0 Å². The van der Waals surface area contributed by atoms with Crippen LogP contribution in [0.3, 0.4) is 0 Å². The first-order valence-corrected chi connectivity index (χ1v) is 18.5. The molecule has 0 aliphatic heterocycles. The predicted molar refractivity (Wildman–Crippen MR) is 222 cm³/mol. The van der Waals surface area contributed by atoms with Crippen LogP contribution in [0.1, 0.15) is 47.2 Å². The molecule has 0 saturated carbocycles. The average molecular weight is 680 g/mol. The molecule has 254 valence electrons. The van der Waals surface area contributed by atoms with E-state index in [1.165, 1.54) is 55.6 Å². The molecule has 8 aromatic rings. The Morgan fingerprint density at radius 1 is 0.340 bits per heavy atom. The van der Waals surface area contributed by atoms with Gasteiger partial charge in [0.1, 0.15) is 0 Å². The van der Waals surface area contributed by atoms with E-state index in [0.717, 1.165) is 17.1 Å². The van der Waals surface area contributed by atoms with Crippen LogP contribution in [0.15, 0.2) is 212 Å². The summed E-state index contributed by atoms with van der Waals surface area (Å²) in [6.45, 7) is 4.71. The number of para-hydroxylation sites is 1. The molecule has 0 fully saturated rings. The minimum absolute atomic E-state index is 0.0611. The van der Waals surface area contributed by atoms with E-state index in [1.807, 2.05) is 0 Å². The molecule has 0 atom stereocenters. The van der Waals surface area contributed by atoms with Gasteiger partial charge >= 0.3 is 0 Å². The van der Waals surface area contributed by atoms with Crippen molar-refractivity contribution in [2.75, 3.05) is 4.90 Å². The van der Waals surface area contributed by atoms with E-state index in [4.69, 9.17) is 0 Å². The summed E-state index contributed by atoms with van der Waals surface area (Å²) in [6.07, 6.45) is 0. The van der Waals surface area contributed by atoms with Gasteiger partial charge in [0.05, 0.1) is 5.41 Å². The summed E-state index contributed by atoms with van der Waals surface area (Å²) in [5.74, 6) is 0. The van der Waals surface area contributed by atoms with Crippen molar-refractivity contribution in [2.45, 2.75) is 24.7 Å². The fourth-order valence-corrected chi connectivity index (χ4v) is 8.65. The summed E-state index contributed by atoms with van der Waals surface area (Å²) in [7, 11) is 0. The van der Waals surface area contributed by atoms with Crippen LogP contribution >= 0.6 is 0 Å². The Bertz CT molecular complexity index is 2440. The lowest BCUT2D eigenvalue weighted by atomic mass is 9.64. The van der Waals surface area contributed by atoms with Crippen molar-refractivity contribution < 1.29 is 0 Å². The largest absolute Gasteiger partial charge is 0.311 e. The molecule has 0 spiro atoms. The highest BCUT2D eigenvalue weighted by atomic mass is 15.1. The van der Waals surface area contributed by atoms with Crippen molar-refractivity contribution in [3.05, 3.63) is 246 Å². The lowest BCUT2D eigenvalue weighted by molar-refractivity contribution is 0.659. The van der Waals surface area contributed by atoms with Crippen LogP contribution in [0.25, 0.3) is 22.3 Å². The summed E-state index contributed by atoms with van der Waals surface area (Å²) in [5.41, 5.74) is 15.5. The summed E-state index contributed by atoms with van der Waals surface area (Å²) in [6, 6.07) is 77.6. The molecule has 53 heavy (non-hydrogen) atoms. The second kappa shape index (κ2) is 13.3. The number of rotatable bonds is 8. The summed E-state index contributed by atoms with van der Waals surface area (Å²) < 4.78 is 0. The van der Waals surface area contributed by atoms with Crippen LogP contribution in [0, 0.1) is 0 Å². The molecule has 0 N–H and O–H groups in total. The van der Waals surface area contributed by atoms with Crippen LogP contribution in [-0.2, 0) is 10.8 Å². The van der Waals surface area contributed by atoms with Crippen molar-refractivity contribution in [1.82, 2.24) is 0 Å². The van der Waals surface area contributed by atoms with Crippen molar-refractivity contribution in [3.63, 3.8) is 0 Å². The Balaban J connectivity index is 1.23. The monoisotopic (exact) mass is 679 g/mol. The number of fused-ring (bicyclic) bond motifs is 3. The minimum Gasteiger partial charge on any atom is -0.311 e. The number of anilines is 3. The van der Waals surface area contributed by atoms with Gasteiger partial charge in [-0.3, -0.25) is 0 Å². The minimum atomic E-state index is -0.563. The van der Waals surface area contributed by atoms with Crippen LogP contribution in [0.2, 0.25) is 0 Å². The Morgan fingerprint density at radius 3 is 1.36 bits per heavy atom. The van der Waals surface area contributed by atoms with Crippen LogP contribution < -0.4 is 4.90 Å². The predicted octanol–water partition coefficient (Wildman–Crippen LogP) is 13.5. The van der Waals surface area contributed by atoms with Crippen LogP contribution in [0.4, 0.5) is 17.1 Å². The van der Waals surface area contributed by atoms with E-state index in [9.17, 15) is 0 Å². The molecule has 9 rings (SSSR count). The van der Waals surface area contributed by atoms with Crippen LogP contribution in [0.5, 0.6) is 0 Å². The smallest absolute Gasteiger partial charge is 0.0701 e. The normalized spacial score (nSPS) is 12.9. The van der Waals surface area contributed by atoms with E-state index in [-0.39, 0.29) is 5.41 Å². The molecule has 1 heteroatoms. The maximum absolute atomic E-state index is 2.47. The quantitative estimate of drug-likeness (QED) is 0.145. The van der Waals surface area contributed by atoms with Gasteiger partial charge in [-0.1, -0.05) is 184 Å². The maximum Gasteiger partial charge on any atom is 0.0701 e. The zero-order chi connectivity index (χ0) is 35.8. The molecule has 1 aliphatic carbocycles. The van der Waals surface area contributed by atoms with Gasteiger partial charge < -0.3 is 4.90 Å². The van der Waals surface area contributed by atoms with Gasteiger partial charge in [-0.05, 0) is 98.1 Å². The van der Waals surface area contributed by atoms with E-state index in [2.05, 4.69) is 231 Å². The fraction of sp³-hybridized carbons (Fsp3) is 0.0769. The lowest BCUT2D eigenvalue weighted by Crippen LogP contribution is -2.31. The molecular formula is C52H41N. The van der Waals surface area contributed by atoms with Gasteiger partial charge in [0.2, 0.25) is 0 Å². The first-order chi connectivity index (χ1) is 26.0. The maximum atomic E-state index is 2.47. The van der Waals surface area contributed by atoms with Crippen molar-refractivity contribution in [3.8, 4) is 22.3 Å². The molecule has 0 saturated heterocycles. The molecule has 0 unspecified atom stereocenters. The number of benzene rings is 8. The third kappa shape index (κ3) is 5.48. The second-order valence-corrected chi connectivity index (χ2v) is 14.5. The number of hydrogen-bond donors (Lipinski definition) is 0. The highest BCUT2D eigenvalue weighted by Gasteiger charge is 2.41. The summed E-state index contributed by atoms with van der Waals surface area (Å²) >= 11 is 0. The first-order valence-electron chi connectivity index (χ1n) is 18.5. The van der Waals surface area contributed by atoms with E-state index in [0.29, 0.717) is 0 Å². The Hall–Kier alpha value is -6.44. The topological polar surface area (TPSA) is 3.24 Å². The Morgan fingerprint density at radius 2 is 0.755 bits per heavy atom. The number of nitrogens with zero attached hydrogens (tertiary/aromatic N) is 1. The van der Waals surface area contributed by atoms with Gasteiger partial charge in [-0.15, -0.1) is 0 Å². The third-order valence-corrected chi connectivity index (χ3v) is 11.2. The number of hydrogen-bond acceptors (Lipinski definition) is 1. The first kappa shape index (κ1) is 32.5. The van der Waals surface area contributed by atoms with Gasteiger partial charge in [0, 0.05) is 22.5 Å². The van der Waals surface area contributed by atoms with E-state index < -0.39 is 5.41 Å². The van der Waals surface area contributed by atoms with Crippen molar-refractivity contribution >= 4 is 17.1 Å². The molecule has 1 aliphatic rings. The van der Waals surface area contributed by atoms with Crippen molar-refractivity contribution in [2.24, 2.45) is 0 Å². The Labute approximate surface area is 313 Å². The van der Waals surface area contributed by atoms with Crippen molar-refractivity contribution in [1.29, 1.82) is 0 Å². The highest BCUT2D eigenvalue weighted by Crippen LogP contribution is 2.52. The standard InChI is InChI=1S/C52H41N/c1-51(2)49-26-16-15-25-47(49)48-37-43(31-36-50(48)51)52(40-19-9-4-10-20-40,41-21-11-5-12-22-41)42-29-34-46(35-30-42)53(44-23-13-6-14-24-44)45-32-27-39(28-33-45)38-17-7-3-8-18-38/h3-37H,1-2H3. The van der Waals surface area contributed by atoms with Gasteiger partial charge in [0.15, 0.2) is 0 Å². The van der Waals surface area contributed by atoms with Gasteiger partial charge in [-0.2, -0.15) is 0 Å². The molecule has 0 bridgehead atoms. The molecular weight excluding hydrogens is 639 g/mol. The SMILES string of the molecule is CC1(C)c2ccccc2-c2cc(C(c3ccccc3)(c3ccccc3)c3ccc(N(c4ccccc4)c4ccc(-c5ccccc5)cc4)cc3)ccc21. The Kier molecular flexibility index (Phi) is 8.13. The molecule has 0 radical (unpaired) electrons. The van der Waals surface area contributed by atoms with E-state index in [1.54, 1.807) is 0 Å². The molecule has 8 aromatic carbocycles. The third-order valence-electron chi connectivity index (χ3n) is 11.2. The van der Waals surface area contributed by atoms with Gasteiger partial charge in [-0.25, -0.2) is 0 Å². The molecule has 0 amide bonds. The second-order valence-electron chi connectivity index (χ2n) is 14.5. The fourth-order valence-electron chi connectivity index (χ4n) is 8.65. The molecule has 0 aromatic heterocycles. The van der Waals surface area contributed by atoms with Crippen LogP contribution in [-0.4, -0.2) is 0 Å². The highest BCUT2D eigenvalue weighted by molar-refractivity contribution is 5.83. The zero-order valence-electron chi connectivity index (χ0n) is 30.2. The summed E-state index contributed by atoms with van der Waals surface area (Å²) in [4.78, 5) is 2.35. The van der Waals surface area contributed by atoms with E-state index >= 15 is 0 Å². The average Bonchev–Trinajstić information content (AvgIpc) is 3.46. The molecule has 1 nitrogen and oxygen atoms in total. The molecule has 0 heterocycles. The lowest BCUT2D eigenvalue weighted by Gasteiger charge is -2.38. The summed E-state index contributed by atoms with van der Waals surface area (Å²) in [5, 5.41) is 0. The zero-order valence-corrected chi connectivity index (χ0v) is 30.2.